The smallest absolute Gasteiger partial charge is 0.0472 e. The molecule has 0 saturated heterocycles. The molecule has 1 aromatic rings. The third-order valence-electron chi connectivity index (χ3n) is 2.94. The van der Waals surface area contributed by atoms with Crippen LogP contribution in [0.2, 0.25) is 0 Å². The van der Waals surface area contributed by atoms with Crippen LogP contribution in [0.15, 0.2) is 30.3 Å². The van der Waals surface area contributed by atoms with Gasteiger partial charge in [0.25, 0.3) is 0 Å². The Kier molecular flexibility index (Phi) is 6.12. The monoisotopic (exact) mass is 220 g/mol. The molecule has 2 nitrogen and oxygen atoms in total. The summed E-state index contributed by atoms with van der Waals surface area (Å²) in [6.07, 6.45) is 1.21. The average molecular weight is 220 g/mol. The highest BCUT2D eigenvalue weighted by atomic mass is 15.2. The summed E-state index contributed by atoms with van der Waals surface area (Å²) in [4.78, 5) is 2.53. The number of likely N-dealkylation sites (N-methyl/N-ethyl adjacent to an activating group) is 2. The number of nitrogens with zero attached hydrogens (tertiary/aromatic N) is 1. The lowest BCUT2D eigenvalue weighted by Gasteiger charge is -2.30. The summed E-state index contributed by atoms with van der Waals surface area (Å²) in [6, 6.07) is 11.3. The van der Waals surface area contributed by atoms with Gasteiger partial charge in [-0.15, -0.1) is 0 Å². The lowest BCUT2D eigenvalue weighted by atomic mass is 10.0. The minimum Gasteiger partial charge on any atom is -0.318 e. The molecule has 0 saturated carbocycles. The van der Waals surface area contributed by atoms with E-state index in [0.29, 0.717) is 6.04 Å². The maximum Gasteiger partial charge on any atom is 0.0472 e. The van der Waals surface area contributed by atoms with Crippen molar-refractivity contribution in [3.8, 4) is 0 Å². The second-order valence-corrected chi connectivity index (χ2v) is 4.11. The largest absolute Gasteiger partial charge is 0.318 e. The van der Waals surface area contributed by atoms with E-state index in [1.807, 2.05) is 7.05 Å². The Balaban J connectivity index is 2.80. The van der Waals surface area contributed by atoms with Crippen molar-refractivity contribution < 1.29 is 0 Å². The highest BCUT2D eigenvalue weighted by Gasteiger charge is 2.16. The Bertz CT molecular complexity index is 271. The Labute approximate surface area is 99.7 Å². The van der Waals surface area contributed by atoms with Crippen molar-refractivity contribution in [1.29, 1.82) is 0 Å². The van der Waals surface area contributed by atoms with Gasteiger partial charge in [0, 0.05) is 12.6 Å². The fourth-order valence-corrected chi connectivity index (χ4v) is 2.15. The van der Waals surface area contributed by atoms with E-state index in [1.54, 1.807) is 0 Å². The predicted octanol–water partition coefficient (Wildman–Crippen LogP) is 2.68. The summed E-state index contributed by atoms with van der Waals surface area (Å²) in [6.45, 7) is 7.76. The van der Waals surface area contributed by atoms with Crippen molar-refractivity contribution >= 4 is 0 Å². The molecule has 0 aliphatic carbocycles. The third kappa shape index (κ3) is 3.62. The lowest BCUT2D eigenvalue weighted by molar-refractivity contribution is 0.205. The SMILES string of the molecule is CCCN(CC)C(CNC)c1ccccc1. The van der Waals surface area contributed by atoms with Gasteiger partial charge < -0.3 is 5.32 Å². The summed E-state index contributed by atoms with van der Waals surface area (Å²) in [5.74, 6) is 0. The molecule has 1 N–H and O–H groups in total. The molecule has 0 aromatic heterocycles. The van der Waals surface area contributed by atoms with Crippen LogP contribution in [-0.4, -0.2) is 31.6 Å². The fourth-order valence-electron chi connectivity index (χ4n) is 2.15. The molecule has 0 aliphatic heterocycles. The molecule has 0 heterocycles. The molecular weight excluding hydrogens is 196 g/mol. The van der Waals surface area contributed by atoms with Crippen molar-refractivity contribution in [2.24, 2.45) is 0 Å². The molecule has 1 atom stereocenters. The van der Waals surface area contributed by atoms with E-state index >= 15 is 0 Å². The lowest BCUT2D eigenvalue weighted by Crippen LogP contribution is -2.35. The zero-order valence-electron chi connectivity index (χ0n) is 10.7. The van der Waals surface area contributed by atoms with Crippen molar-refractivity contribution in [3.63, 3.8) is 0 Å². The predicted molar refractivity (Wildman–Crippen MR) is 70.6 cm³/mol. The zero-order chi connectivity index (χ0) is 11.8. The maximum atomic E-state index is 3.30. The van der Waals surface area contributed by atoms with Gasteiger partial charge in [0.1, 0.15) is 0 Å². The molecule has 1 rings (SSSR count). The summed E-state index contributed by atoms with van der Waals surface area (Å²) in [5, 5.41) is 3.30. The van der Waals surface area contributed by atoms with Gasteiger partial charge in [-0.2, -0.15) is 0 Å². The van der Waals surface area contributed by atoms with E-state index in [9.17, 15) is 0 Å². The average Bonchev–Trinajstić information content (AvgIpc) is 2.35. The molecule has 0 spiro atoms. The van der Waals surface area contributed by atoms with E-state index < -0.39 is 0 Å². The van der Waals surface area contributed by atoms with Crippen molar-refractivity contribution in [2.75, 3.05) is 26.7 Å². The van der Waals surface area contributed by atoms with Gasteiger partial charge in [-0.3, -0.25) is 4.90 Å². The quantitative estimate of drug-likeness (QED) is 0.760. The van der Waals surface area contributed by atoms with Gasteiger partial charge in [0.2, 0.25) is 0 Å². The first-order valence-electron chi connectivity index (χ1n) is 6.27. The van der Waals surface area contributed by atoms with Gasteiger partial charge in [0.15, 0.2) is 0 Å². The van der Waals surface area contributed by atoms with Crippen LogP contribution in [-0.2, 0) is 0 Å². The first kappa shape index (κ1) is 13.2. The second kappa shape index (κ2) is 7.42. The Morgan fingerprint density at radius 1 is 1.19 bits per heavy atom. The van der Waals surface area contributed by atoms with E-state index in [4.69, 9.17) is 0 Å². The van der Waals surface area contributed by atoms with E-state index in [-0.39, 0.29) is 0 Å². The Morgan fingerprint density at radius 2 is 1.88 bits per heavy atom. The fraction of sp³-hybridized carbons (Fsp3) is 0.571. The maximum absolute atomic E-state index is 3.30. The molecule has 16 heavy (non-hydrogen) atoms. The molecule has 1 aromatic carbocycles. The van der Waals surface area contributed by atoms with Crippen LogP contribution in [0.5, 0.6) is 0 Å². The van der Waals surface area contributed by atoms with E-state index in [1.165, 1.54) is 12.0 Å². The summed E-state index contributed by atoms with van der Waals surface area (Å²) >= 11 is 0. The molecule has 0 aliphatic rings. The number of benzene rings is 1. The molecular formula is C14H24N2. The highest BCUT2D eigenvalue weighted by molar-refractivity contribution is 5.19. The molecule has 0 amide bonds. The van der Waals surface area contributed by atoms with Crippen molar-refractivity contribution in [3.05, 3.63) is 35.9 Å². The summed E-state index contributed by atoms with van der Waals surface area (Å²) in [5.41, 5.74) is 1.41. The standard InChI is InChI=1S/C14H24N2/c1-4-11-16(5-2)14(12-15-3)13-9-7-6-8-10-13/h6-10,14-15H,4-5,11-12H2,1-3H3. The number of nitrogens with one attached hydrogen (secondary N) is 1. The van der Waals surface area contributed by atoms with Crippen LogP contribution in [0, 0.1) is 0 Å². The number of rotatable bonds is 7. The van der Waals surface area contributed by atoms with Crippen molar-refractivity contribution in [1.82, 2.24) is 10.2 Å². The van der Waals surface area contributed by atoms with Crippen LogP contribution < -0.4 is 5.32 Å². The van der Waals surface area contributed by atoms with Crippen LogP contribution in [0.1, 0.15) is 31.9 Å². The van der Waals surface area contributed by atoms with Crippen LogP contribution in [0.3, 0.4) is 0 Å². The van der Waals surface area contributed by atoms with Crippen LogP contribution in [0.25, 0.3) is 0 Å². The first-order chi connectivity index (χ1) is 7.83. The minimum absolute atomic E-state index is 0.496. The Morgan fingerprint density at radius 3 is 2.38 bits per heavy atom. The second-order valence-electron chi connectivity index (χ2n) is 4.11. The molecule has 0 radical (unpaired) electrons. The molecule has 0 bridgehead atoms. The van der Waals surface area contributed by atoms with Gasteiger partial charge in [-0.1, -0.05) is 44.2 Å². The topological polar surface area (TPSA) is 15.3 Å². The highest BCUT2D eigenvalue weighted by Crippen LogP contribution is 2.19. The molecule has 0 fully saturated rings. The van der Waals surface area contributed by atoms with Gasteiger partial charge in [0.05, 0.1) is 0 Å². The number of hydrogen-bond donors (Lipinski definition) is 1. The zero-order valence-corrected chi connectivity index (χ0v) is 10.7. The Hall–Kier alpha value is -0.860. The summed E-state index contributed by atoms with van der Waals surface area (Å²) < 4.78 is 0. The first-order valence-corrected chi connectivity index (χ1v) is 6.27. The third-order valence-corrected chi connectivity index (χ3v) is 2.94. The minimum atomic E-state index is 0.496. The van der Waals surface area contributed by atoms with Gasteiger partial charge >= 0.3 is 0 Å². The molecule has 2 heteroatoms. The van der Waals surface area contributed by atoms with Crippen LogP contribution >= 0.6 is 0 Å². The van der Waals surface area contributed by atoms with Crippen molar-refractivity contribution in [2.45, 2.75) is 26.3 Å². The summed E-state index contributed by atoms with van der Waals surface area (Å²) in [7, 11) is 2.02. The van der Waals surface area contributed by atoms with E-state index in [2.05, 4.69) is 54.4 Å². The molecule has 90 valence electrons. The molecule has 1 unspecified atom stereocenters. The van der Waals surface area contributed by atoms with E-state index in [0.717, 1.165) is 19.6 Å². The van der Waals surface area contributed by atoms with Crippen LogP contribution in [0.4, 0.5) is 0 Å². The van der Waals surface area contributed by atoms with Gasteiger partial charge in [-0.05, 0) is 32.1 Å². The normalized spacial score (nSPS) is 13.0. The van der Waals surface area contributed by atoms with Gasteiger partial charge in [-0.25, -0.2) is 0 Å². The number of hydrogen-bond acceptors (Lipinski definition) is 2.